The fourth-order valence-corrected chi connectivity index (χ4v) is 1.55. The lowest BCUT2D eigenvalue weighted by atomic mass is 10.1. The molecule has 3 nitrogen and oxygen atoms in total. The summed E-state index contributed by atoms with van der Waals surface area (Å²) in [5.74, 6) is 0.0335. The highest BCUT2D eigenvalue weighted by molar-refractivity contribution is 5.94. The Morgan fingerprint density at radius 1 is 1.12 bits per heavy atom. The fourth-order valence-electron chi connectivity index (χ4n) is 1.55. The monoisotopic (exact) mass is 225 g/mol. The van der Waals surface area contributed by atoms with Crippen LogP contribution >= 0.6 is 0 Å². The molecule has 0 aliphatic heterocycles. The van der Waals surface area contributed by atoms with Gasteiger partial charge in [0.2, 0.25) is 0 Å². The molecule has 0 bridgehead atoms. The number of hydrogen-bond acceptors (Lipinski definition) is 3. The Kier molecular flexibility index (Phi) is 3.10. The van der Waals surface area contributed by atoms with Crippen LogP contribution in [0.15, 0.2) is 42.5 Å². The summed E-state index contributed by atoms with van der Waals surface area (Å²) in [5.41, 5.74) is 2.68. The third-order valence-electron chi connectivity index (χ3n) is 2.48. The van der Waals surface area contributed by atoms with E-state index < -0.39 is 0 Å². The molecule has 0 aliphatic rings. The van der Waals surface area contributed by atoms with Gasteiger partial charge in [0.05, 0.1) is 5.69 Å². The highest BCUT2D eigenvalue weighted by Gasteiger charge is 2.02. The summed E-state index contributed by atoms with van der Waals surface area (Å²) in [5, 5.41) is 0. The quantitative estimate of drug-likeness (QED) is 0.596. The highest BCUT2D eigenvalue weighted by Crippen LogP contribution is 2.17. The second-order valence-electron chi connectivity index (χ2n) is 3.70. The lowest BCUT2D eigenvalue weighted by molar-refractivity contribution is 0.101. The first kappa shape index (κ1) is 11.2. The first-order valence-electron chi connectivity index (χ1n) is 5.24. The lowest BCUT2D eigenvalue weighted by Gasteiger charge is -2.02. The number of aromatic nitrogens is 1. The minimum absolute atomic E-state index is 0.0335. The van der Waals surface area contributed by atoms with Gasteiger partial charge in [0.1, 0.15) is 5.69 Å². The van der Waals surface area contributed by atoms with Crippen LogP contribution < -0.4 is 0 Å². The van der Waals surface area contributed by atoms with E-state index in [1.54, 1.807) is 24.3 Å². The van der Waals surface area contributed by atoms with E-state index in [-0.39, 0.29) is 5.78 Å². The number of ketones is 1. The zero-order valence-corrected chi connectivity index (χ0v) is 9.38. The molecule has 0 saturated carbocycles. The molecule has 0 fully saturated rings. The zero-order chi connectivity index (χ0) is 12.3. The van der Waals surface area contributed by atoms with Crippen LogP contribution in [0.1, 0.15) is 27.8 Å². The number of rotatable bonds is 3. The number of carbonyl (C=O) groups is 2. The van der Waals surface area contributed by atoms with E-state index >= 15 is 0 Å². The van der Waals surface area contributed by atoms with E-state index in [9.17, 15) is 9.59 Å². The lowest BCUT2D eigenvalue weighted by Crippen LogP contribution is -1.93. The molecule has 0 aliphatic carbocycles. The van der Waals surface area contributed by atoms with E-state index in [2.05, 4.69) is 4.98 Å². The van der Waals surface area contributed by atoms with Crippen LogP contribution in [0.25, 0.3) is 11.3 Å². The van der Waals surface area contributed by atoms with Crippen molar-refractivity contribution in [1.82, 2.24) is 4.98 Å². The maximum absolute atomic E-state index is 11.1. The SMILES string of the molecule is CC(=O)c1ccc(-c2cccc(C=O)n2)cc1. The number of pyridine rings is 1. The molecule has 0 amide bonds. The van der Waals surface area contributed by atoms with Gasteiger partial charge in [-0.3, -0.25) is 9.59 Å². The van der Waals surface area contributed by atoms with Gasteiger partial charge in [-0.15, -0.1) is 0 Å². The van der Waals surface area contributed by atoms with Crippen molar-refractivity contribution in [1.29, 1.82) is 0 Å². The summed E-state index contributed by atoms with van der Waals surface area (Å²) in [6.07, 6.45) is 0.716. The molecule has 0 unspecified atom stereocenters. The molecule has 0 saturated heterocycles. The van der Waals surface area contributed by atoms with Crippen molar-refractivity contribution < 1.29 is 9.59 Å². The molecule has 2 aromatic rings. The highest BCUT2D eigenvalue weighted by atomic mass is 16.1. The van der Waals surface area contributed by atoms with Gasteiger partial charge in [-0.25, -0.2) is 4.98 Å². The largest absolute Gasteiger partial charge is 0.296 e. The van der Waals surface area contributed by atoms with Gasteiger partial charge in [-0.1, -0.05) is 30.3 Å². The van der Waals surface area contributed by atoms with E-state index in [1.165, 1.54) is 6.92 Å². The molecule has 2 rings (SSSR count). The molecule has 3 heteroatoms. The Balaban J connectivity index is 2.39. The molecule has 1 heterocycles. The van der Waals surface area contributed by atoms with Crippen molar-refractivity contribution >= 4 is 12.1 Å². The van der Waals surface area contributed by atoms with Gasteiger partial charge >= 0.3 is 0 Å². The summed E-state index contributed by atoms with van der Waals surface area (Å²) in [4.78, 5) is 25.9. The van der Waals surface area contributed by atoms with Crippen LogP contribution in [0.3, 0.4) is 0 Å². The van der Waals surface area contributed by atoms with Crippen molar-refractivity contribution in [2.24, 2.45) is 0 Å². The topological polar surface area (TPSA) is 47.0 Å². The molecule has 1 aromatic carbocycles. The maximum atomic E-state index is 11.1. The predicted octanol–water partition coefficient (Wildman–Crippen LogP) is 2.76. The summed E-state index contributed by atoms with van der Waals surface area (Å²) in [6.45, 7) is 1.53. The smallest absolute Gasteiger partial charge is 0.168 e. The van der Waals surface area contributed by atoms with E-state index in [0.29, 0.717) is 17.5 Å². The molecule has 17 heavy (non-hydrogen) atoms. The van der Waals surface area contributed by atoms with Gasteiger partial charge in [-0.2, -0.15) is 0 Å². The number of nitrogens with zero attached hydrogens (tertiary/aromatic N) is 1. The van der Waals surface area contributed by atoms with Crippen LogP contribution in [-0.2, 0) is 0 Å². The molecular formula is C14H11NO2. The number of carbonyl (C=O) groups excluding carboxylic acids is 2. The van der Waals surface area contributed by atoms with Crippen molar-refractivity contribution in [2.45, 2.75) is 6.92 Å². The Morgan fingerprint density at radius 2 is 1.82 bits per heavy atom. The number of hydrogen-bond donors (Lipinski definition) is 0. The van der Waals surface area contributed by atoms with Gasteiger partial charge in [-0.05, 0) is 19.1 Å². The molecule has 0 atom stereocenters. The van der Waals surface area contributed by atoms with Crippen LogP contribution in [0.5, 0.6) is 0 Å². The summed E-state index contributed by atoms with van der Waals surface area (Å²) in [7, 11) is 0. The second-order valence-corrected chi connectivity index (χ2v) is 3.70. The Bertz CT molecular complexity index is 559. The summed E-state index contributed by atoms with van der Waals surface area (Å²) in [6, 6.07) is 12.4. The van der Waals surface area contributed by atoms with Crippen molar-refractivity contribution in [3.05, 3.63) is 53.7 Å². The minimum Gasteiger partial charge on any atom is -0.296 e. The van der Waals surface area contributed by atoms with E-state index in [1.807, 2.05) is 18.2 Å². The maximum Gasteiger partial charge on any atom is 0.168 e. The fraction of sp³-hybridized carbons (Fsp3) is 0.0714. The van der Waals surface area contributed by atoms with Gasteiger partial charge in [0.25, 0.3) is 0 Å². The Labute approximate surface area is 99.1 Å². The minimum atomic E-state index is 0.0335. The first-order chi connectivity index (χ1) is 8.20. The molecule has 0 N–H and O–H groups in total. The van der Waals surface area contributed by atoms with Gasteiger partial charge in [0, 0.05) is 11.1 Å². The molecule has 0 radical (unpaired) electrons. The second kappa shape index (κ2) is 4.70. The van der Waals surface area contributed by atoms with E-state index in [0.717, 1.165) is 11.3 Å². The number of Topliss-reactive ketones (excluding diaryl/α,β-unsaturated/α-hetero) is 1. The first-order valence-corrected chi connectivity index (χ1v) is 5.24. The third-order valence-corrected chi connectivity index (χ3v) is 2.48. The number of benzene rings is 1. The standard InChI is InChI=1S/C14H11NO2/c1-10(17)11-5-7-12(8-6-11)14-4-2-3-13(9-16)15-14/h2-9H,1H3. The van der Waals surface area contributed by atoms with Crippen molar-refractivity contribution in [3.63, 3.8) is 0 Å². The van der Waals surface area contributed by atoms with Crippen LogP contribution in [0.2, 0.25) is 0 Å². The van der Waals surface area contributed by atoms with Crippen molar-refractivity contribution in [2.75, 3.05) is 0 Å². The molecule has 0 spiro atoms. The van der Waals surface area contributed by atoms with Crippen LogP contribution in [-0.4, -0.2) is 17.1 Å². The van der Waals surface area contributed by atoms with Gasteiger partial charge in [0.15, 0.2) is 12.1 Å². The van der Waals surface area contributed by atoms with E-state index in [4.69, 9.17) is 0 Å². The third kappa shape index (κ3) is 2.45. The van der Waals surface area contributed by atoms with Crippen LogP contribution in [0, 0.1) is 0 Å². The molecular weight excluding hydrogens is 214 g/mol. The summed E-state index contributed by atoms with van der Waals surface area (Å²) >= 11 is 0. The molecule has 1 aromatic heterocycles. The summed E-state index contributed by atoms with van der Waals surface area (Å²) < 4.78 is 0. The zero-order valence-electron chi connectivity index (χ0n) is 9.38. The van der Waals surface area contributed by atoms with Gasteiger partial charge < -0.3 is 0 Å². The van der Waals surface area contributed by atoms with Crippen LogP contribution in [0.4, 0.5) is 0 Å². The average Bonchev–Trinajstić information content (AvgIpc) is 2.39. The average molecular weight is 225 g/mol. The van der Waals surface area contributed by atoms with Crippen molar-refractivity contribution in [3.8, 4) is 11.3 Å². The Morgan fingerprint density at radius 3 is 2.41 bits per heavy atom. The number of aldehydes is 1. The molecule has 84 valence electrons. The predicted molar refractivity (Wildman–Crippen MR) is 65.1 cm³/mol. The Hall–Kier alpha value is -2.29. The normalized spacial score (nSPS) is 9.94.